The minimum absolute atomic E-state index is 0.0174. The quantitative estimate of drug-likeness (QED) is 0.580. The van der Waals surface area contributed by atoms with Crippen LogP contribution in [0, 0.1) is 24.0 Å². The number of rotatable bonds is 5. The van der Waals surface area contributed by atoms with Gasteiger partial charge in [0, 0.05) is 44.9 Å². The Morgan fingerprint density at radius 1 is 1.04 bits per heavy atom. The van der Waals surface area contributed by atoms with Crippen molar-refractivity contribution in [3.05, 3.63) is 69.3 Å². The normalized spacial score (nSPS) is 16.4. The molecule has 0 saturated carbocycles. The third-order valence-corrected chi connectivity index (χ3v) is 6.86. The van der Waals surface area contributed by atoms with Gasteiger partial charge in [0.05, 0.1) is 9.82 Å². The lowest BCUT2D eigenvalue weighted by Gasteiger charge is -2.34. The molecule has 0 amide bonds. The Hall–Kier alpha value is -2.29. The summed E-state index contributed by atoms with van der Waals surface area (Å²) in [6, 6.07) is 12.3. The van der Waals surface area contributed by atoms with Crippen LogP contribution in [0.1, 0.15) is 16.7 Å². The number of hydrogen-bond donors (Lipinski definition) is 0. The second kappa shape index (κ2) is 7.75. The summed E-state index contributed by atoms with van der Waals surface area (Å²) in [4.78, 5) is 12.7. The molecule has 1 aliphatic rings. The Morgan fingerprint density at radius 2 is 1.74 bits per heavy atom. The molecule has 0 atom stereocenters. The van der Waals surface area contributed by atoms with Crippen LogP contribution in [0.4, 0.5) is 5.69 Å². The molecule has 0 aromatic heterocycles. The standard InChI is InChI=1S/C19H23N3O4S/c1-15-4-3-5-17(12-15)14-20-8-10-21(11-9-20)27(25,26)19-13-18(22(23)24)7-6-16(19)2/h3-7,12-13H,8-11,14H2,1-2H3. The van der Waals surface area contributed by atoms with E-state index in [4.69, 9.17) is 0 Å². The average Bonchev–Trinajstić information content (AvgIpc) is 2.62. The van der Waals surface area contributed by atoms with Crippen LogP contribution in [0.25, 0.3) is 0 Å². The van der Waals surface area contributed by atoms with Gasteiger partial charge in [0.15, 0.2) is 0 Å². The fourth-order valence-electron chi connectivity index (χ4n) is 3.32. The second-order valence-corrected chi connectivity index (χ2v) is 8.78. The summed E-state index contributed by atoms with van der Waals surface area (Å²) >= 11 is 0. The molecule has 1 fully saturated rings. The number of nitrogens with zero attached hydrogens (tertiary/aromatic N) is 3. The van der Waals surface area contributed by atoms with Crippen molar-refractivity contribution < 1.29 is 13.3 Å². The zero-order chi connectivity index (χ0) is 19.6. The first-order valence-corrected chi connectivity index (χ1v) is 10.2. The minimum atomic E-state index is -3.75. The Labute approximate surface area is 159 Å². The van der Waals surface area contributed by atoms with E-state index in [0.717, 1.165) is 12.6 Å². The van der Waals surface area contributed by atoms with Crippen LogP contribution < -0.4 is 0 Å². The molecule has 3 rings (SSSR count). The predicted molar refractivity (Wildman–Crippen MR) is 103 cm³/mol. The Morgan fingerprint density at radius 3 is 2.37 bits per heavy atom. The maximum Gasteiger partial charge on any atom is 0.270 e. The maximum absolute atomic E-state index is 13.0. The van der Waals surface area contributed by atoms with Crippen LogP contribution in [0.15, 0.2) is 47.4 Å². The highest BCUT2D eigenvalue weighted by atomic mass is 32.2. The van der Waals surface area contributed by atoms with Gasteiger partial charge in [-0.3, -0.25) is 15.0 Å². The van der Waals surface area contributed by atoms with E-state index in [0.29, 0.717) is 31.7 Å². The lowest BCUT2D eigenvalue weighted by molar-refractivity contribution is -0.385. The molecule has 1 aliphatic heterocycles. The molecule has 2 aromatic carbocycles. The number of hydrogen-bond acceptors (Lipinski definition) is 5. The average molecular weight is 389 g/mol. The lowest BCUT2D eigenvalue weighted by Crippen LogP contribution is -2.48. The SMILES string of the molecule is Cc1cccc(CN2CCN(S(=O)(=O)c3cc([N+](=O)[O-])ccc3C)CC2)c1. The van der Waals surface area contributed by atoms with Crippen molar-refractivity contribution in [1.29, 1.82) is 0 Å². The topological polar surface area (TPSA) is 83.8 Å². The molecule has 27 heavy (non-hydrogen) atoms. The molecular weight excluding hydrogens is 366 g/mol. The van der Waals surface area contributed by atoms with Crippen molar-refractivity contribution in [2.75, 3.05) is 26.2 Å². The van der Waals surface area contributed by atoms with Crippen molar-refractivity contribution in [3.63, 3.8) is 0 Å². The summed E-state index contributed by atoms with van der Waals surface area (Å²) in [6.45, 7) is 6.49. The van der Waals surface area contributed by atoms with E-state index in [1.165, 1.54) is 27.6 Å². The van der Waals surface area contributed by atoms with Gasteiger partial charge in [0.1, 0.15) is 0 Å². The highest BCUT2D eigenvalue weighted by Crippen LogP contribution is 2.25. The molecule has 0 unspecified atom stereocenters. The van der Waals surface area contributed by atoms with Gasteiger partial charge < -0.3 is 0 Å². The number of piperazine rings is 1. The van der Waals surface area contributed by atoms with Crippen molar-refractivity contribution in [3.8, 4) is 0 Å². The van der Waals surface area contributed by atoms with Crippen LogP contribution in [-0.4, -0.2) is 48.7 Å². The smallest absolute Gasteiger partial charge is 0.270 e. The highest BCUT2D eigenvalue weighted by Gasteiger charge is 2.30. The van der Waals surface area contributed by atoms with Crippen LogP contribution >= 0.6 is 0 Å². The van der Waals surface area contributed by atoms with Crippen molar-refractivity contribution in [2.45, 2.75) is 25.3 Å². The van der Waals surface area contributed by atoms with Crippen LogP contribution in [0.2, 0.25) is 0 Å². The second-order valence-electron chi connectivity index (χ2n) is 6.88. The van der Waals surface area contributed by atoms with Gasteiger partial charge in [-0.05, 0) is 25.0 Å². The molecule has 0 aliphatic carbocycles. The molecule has 7 nitrogen and oxygen atoms in total. The van der Waals surface area contributed by atoms with E-state index >= 15 is 0 Å². The van der Waals surface area contributed by atoms with E-state index in [1.54, 1.807) is 6.92 Å². The zero-order valence-corrected chi connectivity index (χ0v) is 16.3. The molecule has 2 aromatic rings. The van der Waals surface area contributed by atoms with Gasteiger partial charge in [-0.15, -0.1) is 0 Å². The molecule has 0 radical (unpaired) electrons. The predicted octanol–water partition coefficient (Wildman–Crippen LogP) is 2.72. The van der Waals surface area contributed by atoms with Gasteiger partial charge >= 0.3 is 0 Å². The first-order chi connectivity index (χ1) is 12.8. The van der Waals surface area contributed by atoms with E-state index in [2.05, 4.69) is 30.0 Å². The zero-order valence-electron chi connectivity index (χ0n) is 15.5. The van der Waals surface area contributed by atoms with Crippen molar-refractivity contribution in [1.82, 2.24) is 9.21 Å². The van der Waals surface area contributed by atoms with E-state index in [1.807, 2.05) is 6.07 Å². The molecule has 8 heteroatoms. The van der Waals surface area contributed by atoms with Crippen molar-refractivity contribution in [2.24, 2.45) is 0 Å². The molecule has 144 valence electrons. The fourth-order valence-corrected chi connectivity index (χ4v) is 4.98. The molecule has 1 heterocycles. The summed E-state index contributed by atoms with van der Waals surface area (Å²) in [6.07, 6.45) is 0. The van der Waals surface area contributed by atoms with E-state index < -0.39 is 14.9 Å². The number of nitro benzene ring substituents is 1. The summed E-state index contributed by atoms with van der Waals surface area (Å²) in [5.74, 6) is 0. The van der Waals surface area contributed by atoms with E-state index in [-0.39, 0.29) is 10.6 Å². The van der Waals surface area contributed by atoms with Gasteiger partial charge in [0.25, 0.3) is 5.69 Å². The Balaban J connectivity index is 1.71. The number of aryl methyl sites for hydroxylation is 2. The number of benzene rings is 2. The summed E-state index contributed by atoms with van der Waals surface area (Å²) < 4.78 is 27.4. The minimum Gasteiger partial charge on any atom is -0.296 e. The van der Waals surface area contributed by atoms with E-state index in [9.17, 15) is 18.5 Å². The number of sulfonamides is 1. The Bertz CT molecular complexity index is 951. The fraction of sp³-hybridized carbons (Fsp3) is 0.368. The molecule has 0 N–H and O–H groups in total. The largest absolute Gasteiger partial charge is 0.296 e. The van der Waals surface area contributed by atoms with Gasteiger partial charge in [0.2, 0.25) is 10.0 Å². The number of nitro groups is 1. The summed E-state index contributed by atoms with van der Waals surface area (Å²) in [5, 5.41) is 11.0. The molecular formula is C19H23N3O4S. The summed E-state index contributed by atoms with van der Waals surface area (Å²) in [7, 11) is -3.75. The van der Waals surface area contributed by atoms with Gasteiger partial charge in [-0.25, -0.2) is 8.42 Å². The van der Waals surface area contributed by atoms with Crippen LogP contribution in [0.3, 0.4) is 0 Å². The van der Waals surface area contributed by atoms with Gasteiger partial charge in [-0.1, -0.05) is 35.9 Å². The van der Waals surface area contributed by atoms with Crippen LogP contribution in [-0.2, 0) is 16.6 Å². The molecule has 0 bridgehead atoms. The molecule has 0 spiro atoms. The first kappa shape index (κ1) is 19.5. The lowest BCUT2D eigenvalue weighted by atomic mass is 10.1. The van der Waals surface area contributed by atoms with Crippen molar-refractivity contribution >= 4 is 15.7 Å². The maximum atomic E-state index is 13.0. The highest BCUT2D eigenvalue weighted by molar-refractivity contribution is 7.89. The molecule has 1 saturated heterocycles. The first-order valence-electron chi connectivity index (χ1n) is 8.80. The summed E-state index contributed by atoms with van der Waals surface area (Å²) in [5.41, 5.74) is 2.72. The number of non-ortho nitro benzene ring substituents is 1. The third-order valence-electron chi connectivity index (χ3n) is 4.82. The third kappa shape index (κ3) is 4.35. The van der Waals surface area contributed by atoms with Gasteiger partial charge in [-0.2, -0.15) is 4.31 Å². The van der Waals surface area contributed by atoms with Crippen LogP contribution in [0.5, 0.6) is 0 Å². The monoisotopic (exact) mass is 389 g/mol. The Kier molecular flexibility index (Phi) is 5.59.